The van der Waals surface area contributed by atoms with Crippen molar-refractivity contribution in [2.24, 2.45) is 17.8 Å². The Morgan fingerprint density at radius 3 is 2.06 bits per heavy atom. The summed E-state index contributed by atoms with van der Waals surface area (Å²) in [5.41, 5.74) is 2.78. The summed E-state index contributed by atoms with van der Waals surface area (Å²) in [6.45, 7) is 15.4. The van der Waals surface area contributed by atoms with Gasteiger partial charge in [0, 0.05) is 11.1 Å². The maximum absolute atomic E-state index is 11.7. The molecule has 1 heterocycles. The summed E-state index contributed by atoms with van der Waals surface area (Å²) in [4.78, 5) is 11.7. The second kappa shape index (κ2) is 12.1. The van der Waals surface area contributed by atoms with E-state index in [0.29, 0.717) is 16.9 Å². The molecular formula is C29H48O3. The van der Waals surface area contributed by atoms with Crippen molar-refractivity contribution in [1.29, 1.82) is 0 Å². The molecule has 0 spiro atoms. The van der Waals surface area contributed by atoms with Crippen LogP contribution >= 0.6 is 0 Å². The Balaban J connectivity index is 1.79. The van der Waals surface area contributed by atoms with Crippen LogP contribution in [0.3, 0.4) is 0 Å². The SMILES string of the molecule is Cc1c(O)c(C)c2c(c1C=O)OC(C)(CCCC(C)CCCC(C)CCCC(C)C)CC2. The number of hydrogen-bond acceptors (Lipinski definition) is 3. The van der Waals surface area contributed by atoms with Crippen molar-refractivity contribution >= 4 is 6.29 Å². The number of hydrogen-bond donors (Lipinski definition) is 1. The van der Waals surface area contributed by atoms with Gasteiger partial charge in [-0.1, -0.05) is 72.6 Å². The van der Waals surface area contributed by atoms with Gasteiger partial charge in [-0.2, -0.15) is 0 Å². The van der Waals surface area contributed by atoms with Crippen LogP contribution in [0.25, 0.3) is 0 Å². The molecular weight excluding hydrogens is 396 g/mol. The lowest BCUT2D eigenvalue weighted by atomic mass is 9.83. The standard InChI is InChI=1S/C29H48O3/c1-20(2)11-8-12-21(3)13-9-14-22(4)15-10-17-29(7)18-16-25-23(5)27(31)24(6)26(19-30)28(25)32-29/h19-22,31H,8-18H2,1-7H3. The number of benzene rings is 1. The van der Waals surface area contributed by atoms with Crippen LogP contribution in [0.4, 0.5) is 0 Å². The van der Waals surface area contributed by atoms with Gasteiger partial charge < -0.3 is 9.84 Å². The number of fused-ring (bicyclic) bond motifs is 1. The topological polar surface area (TPSA) is 46.5 Å². The van der Waals surface area contributed by atoms with Gasteiger partial charge in [0.05, 0.1) is 5.56 Å². The molecule has 1 N–H and O–H groups in total. The number of aromatic hydroxyl groups is 1. The Kier molecular flexibility index (Phi) is 10.1. The summed E-state index contributed by atoms with van der Waals surface area (Å²) < 4.78 is 6.46. The molecule has 3 atom stereocenters. The first-order valence-corrected chi connectivity index (χ1v) is 13.1. The van der Waals surface area contributed by atoms with E-state index < -0.39 is 0 Å². The van der Waals surface area contributed by atoms with Gasteiger partial charge >= 0.3 is 0 Å². The van der Waals surface area contributed by atoms with Crippen molar-refractivity contribution in [1.82, 2.24) is 0 Å². The van der Waals surface area contributed by atoms with E-state index in [2.05, 4.69) is 34.6 Å². The molecule has 0 saturated carbocycles. The highest BCUT2D eigenvalue weighted by Gasteiger charge is 2.35. The molecule has 1 aromatic rings. The van der Waals surface area contributed by atoms with Crippen LogP contribution in [0.2, 0.25) is 0 Å². The molecule has 3 heteroatoms. The van der Waals surface area contributed by atoms with Gasteiger partial charge in [-0.3, -0.25) is 4.79 Å². The fraction of sp³-hybridized carbons (Fsp3) is 0.759. The molecule has 0 radical (unpaired) electrons. The second-order valence-electron chi connectivity index (χ2n) is 11.3. The zero-order chi connectivity index (χ0) is 23.9. The summed E-state index contributed by atoms with van der Waals surface area (Å²) in [6.07, 6.45) is 14.2. The van der Waals surface area contributed by atoms with Gasteiger partial charge in [-0.25, -0.2) is 0 Å². The second-order valence-corrected chi connectivity index (χ2v) is 11.3. The van der Waals surface area contributed by atoms with Crippen molar-refractivity contribution in [3.63, 3.8) is 0 Å². The molecule has 32 heavy (non-hydrogen) atoms. The van der Waals surface area contributed by atoms with E-state index in [4.69, 9.17) is 4.74 Å². The summed E-state index contributed by atoms with van der Waals surface area (Å²) >= 11 is 0. The summed E-state index contributed by atoms with van der Waals surface area (Å²) in [7, 11) is 0. The molecule has 0 saturated heterocycles. The Morgan fingerprint density at radius 2 is 1.50 bits per heavy atom. The van der Waals surface area contributed by atoms with E-state index in [-0.39, 0.29) is 11.4 Å². The number of aldehydes is 1. The third kappa shape index (κ3) is 7.25. The van der Waals surface area contributed by atoms with Gasteiger partial charge in [0.25, 0.3) is 0 Å². The van der Waals surface area contributed by atoms with Gasteiger partial charge in [0.15, 0.2) is 6.29 Å². The normalized spacial score (nSPS) is 20.0. The van der Waals surface area contributed by atoms with Gasteiger partial charge in [-0.05, 0) is 69.8 Å². The largest absolute Gasteiger partial charge is 0.507 e. The van der Waals surface area contributed by atoms with Gasteiger partial charge in [0.1, 0.15) is 17.1 Å². The number of phenols is 1. The monoisotopic (exact) mass is 444 g/mol. The van der Waals surface area contributed by atoms with E-state index in [1.807, 2.05) is 6.92 Å². The molecule has 1 aliphatic heterocycles. The van der Waals surface area contributed by atoms with Crippen LogP contribution in [0.5, 0.6) is 11.5 Å². The van der Waals surface area contributed by atoms with Crippen LogP contribution in [0.1, 0.15) is 126 Å². The van der Waals surface area contributed by atoms with Gasteiger partial charge in [-0.15, -0.1) is 0 Å². The average molecular weight is 445 g/mol. The molecule has 0 amide bonds. The molecule has 3 unspecified atom stereocenters. The molecule has 182 valence electrons. The van der Waals surface area contributed by atoms with E-state index >= 15 is 0 Å². The van der Waals surface area contributed by atoms with E-state index in [1.165, 1.54) is 44.9 Å². The first kappa shape index (κ1) is 26.7. The highest BCUT2D eigenvalue weighted by molar-refractivity contribution is 5.85. The molecule has 2 rings (SSSR count). The van der Waals surface area contributed by atoms with E-state index in [0.717, 1.165) is 60.9 Å². The van der Waals surface area contributed by atoms with Crippen LogP contribution in [0, 0.1) is 31.6 Å². The van der Waals surface area contributed by atoms with Crippen molar-refractivity contribution in [3.05, 3.63) is 22.3 Å². The Hall–Kier alpha value is -1.51. The summed E-state index contributed by atoms with van der Waals surface area (Å²) in [5, 5.41) is 10.4. The van der Waals surface area contributed by atoms with Crippen LogP contribution in [0.15, 0.2) is 0 Å². The number of rotatable bonds is 13. The third-order valence-corrected chi connectivity index (χ3v) is 7.73. The van der Waals surface area contributed by atoms with Crippen molar-refractivity contribution in [3.8, 4) is 11.5 Å². The van der Waals surface area contributed by atoms with E-state index in [1.54, 1.807) is 6.92 Å². The van der Waals surface area contributed by atoms with Crippen molar-refractivity contribution in [2.45, 2.75) is 125 Å². The summed E-state index contributed by atoms with van der Waals surface area (Å²) in [5.74, 6) is 3.39. The molecule has 3 nitrogen and oxygen atoms in total. The van der Waals surface area contributed by atoms with E-state index in [9.17, 15) is 9.90 Å². The zero-order valence-electron chi connectivity index (χ0n) is 21.9. The third-order valence-electron chi connectivity index (χ3n) is 7.73. The maximum atomic E-state index is 11.7. The van der Waals surface area contributed by atoms with Crippen molar-refractivity contribution in [2.75, 3.05) is 0 Å². The first-order valence-electron chi connectivity index (χ1n) is 13.1. The first-order chi connectivity index (χ1) is 15.1. The molecule has 0 aromatic heterocycles. The van der Waals surface area contributed by atoms with Crippen molar-refractivity contribution < 1.29 is 14.6 Å². The molecule has 0 fully saturated rings. The molecule has 0 bridgehead atoms. The fourth-order valence-electron chi connectivity index (χ4n) is 5.28. The van der Waals surface area contributed by atoms with Crippen LogP contribution in [-0.2, 0) is 6.42 Å². The average Bonchev–Trinajstić information content (AvgIpc) is 2.72. The Bertz CT molecular complexity index is 752. The lowest BCUT2D eigenvalue weighted by molar-refractivity contribution is 0.0510. The lowest BCUT2D eigenvalue weighted by Crippen LogP contribution is -2.37. The highest BCUT2D eigenvalue weighted by Crippen LogP contribution is 2.44. The Labute approximate surface area is 197 Å². The van der Waals surface area contributed by atoms with Crippen LogP contribution in [-0.4, -0.2) is 17.0 Å². The minimum atomic E-state index is -0.231. The van der Waals surface area contributed by atoms with Crippen LogP contribution < -0.4 is 4.74 Å². The molecule has 1 aliphatic rings. The highest BCUT2D eigenvalue weighted by atomic mass is 16.5. The minimum Gasteiger partial charge on any atom is -0.507 e. The number of ether oxygens (including phenoxy) is 1. The van der Waals surface area contributed by atoms with Gasteiger partial charge in [0.2, 0.25) is 0 Å². The summed E-state index contributed by atoms with van der Waals surface area (Å²) in [6, 6.07) is 0. The molecule has 1 aromatic carbocycles. The molecule has 0 aliphatic carbocycles. The lowest BCUT2D eigenvalue weighted by Gasteiger charge is -2.38. The predicted molar refractivity (Wildman–Crippen MR) is 135 cm³/mol. The number of carbonyl (C=O) groups is 1. The quantitative estimate of drug-likeness (QED) is 0.311. The maximum Gasteiger partial charge on any atom is 0.154 e. The fourth-order valence-corrected chi connectivity index (χ4v) is 5.28. The smallest absolute Gasteiger partial charge is 0.154 e. The Morgan fingerprint density at radius 1 is 0.938 bits per heavy atom. The predicted octanol–water partition coefficient (Wildman–Crippen LogP) is 8.34. The number of phenolic OH excluding ortho intramolecular Hbond substituents is 1. The zero-order valence-corrected chi connectivity index (χ0v) is 21.9. The number of carbonyl (C=O) groups excluding carboxylic acids is 1. The minimum absolute atomic E-state index is 0.231.